The average molecular weight is 303 g/mol. The molecule has 0 saturated carbocycles. The zero-order valence-corrected chi connectivity index (χ0v) is 14.0. The standard InChI is InChI=1S/C15H27ClN2S/c1-13(2)17-10-6-4-5-7-11-18(3)12-14-8-9-15(16)19-14/h8-9,13,17H,4-7,10-12H2,1-3H3. The summed E-state index contributed by atoms with van der Waals surface area (Å²) in [5.74, 6) is 0. The first-order valence-corrected chi connectivity index (χ1v) is 8.43. The lowest BCUT2D eigenvalue weighted by molar-refractivity contribution is 0.319. The van der Waals surface area contributed by atoms with Crippen LogP contribution < -0.4 is 5.32 Å². The molecular formula is C15H27ClN2S. The molecule has 4 heteroatoms. The fraction of sp³-hybridized carbons (Fsp3) is 0.733. The van der Waals surface area contributed by atoms with Crippen LogP contribution in [-0.4, -0.2) is 31.1 Å². The highest BCUT2D eigenvalue weighted by Crippen LogP contribution is 2.22. The Labute approximate surface area is 127 Å². The lowest BCUT2D eigenvalue weighted by Crippen LogP contribution is -2.23. The van der Waals surface area contributed by atoms with Crippen molar-refractivity contribution in [3.63, 3.8) is 0 Å². The number of unbranched alkanes of at least 4 members (excludes halogenated alkanes) is 3. The average Bonchev–Trinajstić information content (AvgIpc) is 2.73. The molecule has 110 valence electrons. The summed E-state index contributed by atoms with van der Waals surface area (Å²) in [4.78, 5) is 3.74. The van der Waals surface area contributed by atoms with E-state index in [1.54, 1.807) is 11.3 Å². The first-order chi connectivity index (χ1) is 9.08. The molecule has 1 aromatic rings. The predicted octanol–water partition coefficient (Wildman–Crippen LogP) is 4.39. The Morgan fingerprint density at radius 1 is 1.21 bits per heavy atom. The van der Waals surface area contributed by atoms with E-state index in [1.807, 2.05) is 6.07 Å². The molecule has 1 aromatic heterocycles. The van der Waals surface area contributed by atoms with Gasteiger partial charge in [-0.25, -0.2) is 0 Å². The van der Waals surface area contributed by atoms with Crippen LogP contribution in [0.2, 0.25) is 4.34 Å². The molecule has 0 aliphatic heterocycles. The smallest absolute Gasteiger partial charge is 0.0931 e. The van der Waals surface area contributed by atoms with E-state index >= 15 is 0 Å². The van der Waals surface area contributed by atoms with Crippen molar-refractivity contribution in [1.82, 2.24) is 10.2 Å². The lowest BCUT2D eigenvalue weighted by Gasteiger charge is -2.15. The van der Waals surface area contributed by atoms with E-state index in [1.165, 1.54) is 37.1 Å². The van der Waals surface area contributed by atoms with E-state index in [4.69, 9.17) is 11.6 Å². The van der Waals surface area contributed by atoms with Crippen molar-refractivity contribution >= 4 is 22.9 Å². The van der Waals surface area contributed by atoms with Crippen molar-refractivity contribution in [3.8, 4) is 0 Å². The molecule has 0 aliphatic carbocycles. The van der Waals surface area contributed by atoms with Crippen LogP contribution in [0, 0.1) is 0 Å². The largest absolute Gasteiger partial charge is 0.315 e. The lowest BCUT2D eigenvalue weighted by atomic mass is 10.2. The summed E-state index contributed by atoms with van der Waals surface area (Å²) in [6, 6.07) is 4.72. The van der Waals surface area contributed by atoms with Crippen LogP contribution in [0.25, 0.3) is 0 Å². The molecular weight excluding hydrogens is 276 g/mol. The van der Waals surface area contributed by atoms with Crippen molar-refractivity contribution in [2.45, 2.75) is 52.1 Å². The SMILES string of the molecule is CC(C)NCCCCCCN(C)Cc1ccc(Cl)s1. The van der Waals surface area contributed by atoms with Gasteiger partial charge in [-0.1, -0.05) is 38.3 Å². The monoisotopic (exact) mass is 302 g/mol. The fourth-order valence-electron chi connectivity index (χ4n) is 2.03. The van der Waals surface area contributed by atoms with Gasteiger partial charge in [0.2, 0.25) is 0 Å². The van der Waals surface area contributed by atoms with Crippen molar-refractivity contribution in [2.24, 2.45) is 0 Å². The van der Waals surface area contributed by atoms with Gasteiger partial charge in [0, 0.05) is 17.5 Å². The van der Waals surface area contributed by atoms with E-state index in [2.05, 4.69) is 37.2 Å². The second kappa shape index (κ2) is 9.76. The Bertz CT molecular complexity index is 339. The molecule has 1 N–H and O–H groups in total. The summed E-state index contributed by atoms with van der Waals surface area (Å²) >= 11 is 7.62. The number of nitrogens with zero attached hydrogens (tertiary/aromatic N) is 1. The molecule has 0 fully saturated rings. The maximum Gasteiger partial charge on any atom is 0.0931 e. The van der Waals surface area contributed by atoms with Crippen LogP contribution in [0.3, 0.4) is 0 Å². The summed E-state index contributed by atoms with van der Waals surface area (Å²) in [6.45, 7) is 7.75. The minimum absolute atomic E-state index is 0.615. The normalized spacial score (nSPS) is 11.7. The summed E-state index contributed by atoms with van der Waals surface area (Å²) in [7, 11) is 2.19. The van der Waals surface area contributed by atoms with Gasteiger partial charge in [-0.05, 0) is 45.1 Å². The Balaban J connectivity index is 1.97. The maximum absolute atomic E-state index is 5.94. The number of thiophene rings is 1. The van der Waals surface area contributed by atoms with E-state index in [9.17, 15) is 0 Å². The van der Waals surface area contributed by atoms with Crippen LogP contribution >= 0.6 is 22.9 Å². The van der Waals surface area contributed by atoms with Gasteiger partial charge >= 0.3 is 0 Å². The molecule has 0 spiro atoms. The molecule has 0 unspecified atom stereocenters. The van der Waals surface area contributed by atoms with Crippen molar-refractivity contribution in [3.05, 3.63) is 21.3 Å². The van der Waals surface area contributed by atoms with Crippen LogP contribution in [-0.2, 0) is 6.54 Å². The maximum atomic E-state index is 5.94. The van der Waals surface area contributed by atoms with Crippen LogP contribution in [0.4, 0.5) is 0 Å². The Morgan fingerprint density at radius 2 is 1.95 bits per heavy atom. The summed E-state index contributed by atoms with van der Waals surface area (Å²) in [5, 5.41) is 3.46. The minimum atomic E-state index is 0.615. The summed E-state index contributed by atoms with van der Waals surface area (Å²) in [6.07, 6.45) is 5.24. The quantitative estimate of drug-likeness (QED) is 0.645. The number of halogens is 1. The molecule has 0 atom stereocenters. The second-order valence-electron chi connectivity index (χ2n) is 5.47. The van der Waals surface area contributed by atoms with Crippen molar-refractivity contribution in [1.29, 1.82) is 0 Å². The molecule has 0 amide bonds. The van der Waals surface area contributed by atoms with Crippen molar-refractivity contribution < 1.29 is 0 Å². The third kappa shape index (κ3) is 8.64. The summed E-state index contributed by atoms with van der Waals surface area (Å²) < 4.78 is 0.890. The topological polar surface area (TPSA) is 15.3 Å². The summed E-state index contributed by atoms with van der Waals surface area (Å²) in [5.41, 5.74) is 0. The molecule has 0 radical (unpaired) electrons. The molecule has 0 saturated heterocycles. The molecule has 0 bridgehead atoms. The molecule has 1 rings (SSSR count). The zero-order chi connectivity index (χ0) is 14.1. The molecule has 0 aromatic carbocycles. The van der Waals surface area contributed by atoms with Gasteiger partial charge in [0.25, 0.3) is 0 Å². The van der Waals surface area contributed by atoms with E-state index < -0.39 is 0 Å². The zero-order valence-electron chi connectivity index (χ0n) is 12.4. The van der Waals surface area contributed by atoms with E-state index in [0.29, 0.717) is 6.04 Å². The first kappa shape index (κ1) is 17.0. The van der Waals surface area contributed by atoms with Gasteiger partial charge in [0.1, 0.15) is 0 Å². The van der Waals surface area contributed by atoms with Crippen LogP contribution in [0.5, 0.6) is 0 Å². The van der Waals surface area contributed by atoms with Gasteiger partial charge in [-0.3, -0.25) is 0 Å². The van der Waals surface area contributed by atoms with Gasteiger partial charge in [0.15, 0.2) is 0 Å². The van der Waals surface area contributed by atoms with Gasteiger partial charge in [0.05, 0.1) is 4.34 Å². The highest BCUT2D eigenvalue weighted by atomic mass is 35.5. The molecule has 0 aliphatic rings. The third-order valence-corrected chi connectivity index (χ3v) is 4.29. The number of hydrogen-bond acceptors (Lipinski definition) is 3. The van der Waals surface area contributed by atoms with Crippen LogP contribution in [0.15, 0.2) is 12.1 Å². The number of rotatable bonds is 10. The van der Waals surface area contributed by atoms with E-state index in [0.717, 1.165) is 17.4 Å². The Morgan fingerprint density at radius 3 is 2.58 bits per heavy atom. The minimum Gasteiger partial charge on any atom is -0.315 e. The highest BCUT2D eigenvalue weighted by Gasteiger charge is 2.03. The van der Waals surface area contributed by atoms with Gasteiger partial charge in [-0.2, -0.15) is 0 Å². The van der Waals surface area contributed by atoms with Gasteiger partial charge < -0.3 is 10.2 Å². The first-order valence-electron chi connectivity index (χ1n) is 7.24. The number of hydrogen-bond donors (Lipinski definition) is 1. The number of nitrogens with one attached hydrogen (secondary N) is 1. The van der Waals surface area contributed by atoms with Crippen LogP contribution in [0.1, 0.15) is 44.4 Å². The second-order valence-corrected chi connectivity index (χ2v) is 7.27. The molecule has 1 heterocycles. The third-order valence-electron chi connectivity index (χ3n) is 3.07. The van der Waals surface area contributed by atoms with Gasteiger partial charge in [-0.15, -0.1) is 11.3 Å². The van der Waals surface area contributed by atoms with E-state index in [-0.39, 0.29) is 0 Å². The fourth-order valence-corrected chi connectivity index (χ4v) is 3.20. The predicted molar refractivity (Wildman–Crippen MR) is 87.3 cm³/mol. The molecule has 2 nitrogen and oxygen atoms in total. The Hall–Kier alpha value is -0.0900. The molecule has 19 heavy (non-hydrogen) atoms. The Kier molecular flexibility index (Phi) is 8.71. The van der Waals surface area contributed by atoms with Crippen molar-refractivity contribution in [2.75, 3.05) is 20.1 Å². The highest BCUT2D eigenvalue weighted by molar-refractivity contribution is 7.16.